The number of piperidine rings is 1. The molecule has 164 valence electrons. The van der Waals surface area contributed by atoms with Crippen molar-refractivity contribution >= 4 is 36.2 Å². The number of rotatable bonds is 7. The Morgan fingerprint density at radius 1 is 0.871 bits per heavy atom. The molecule has 2 aromatic rings. The van der Waals surface area contributed by atoms with E-state index in [0.717, 1.165) is 30.8 Å². The number of halogens is 1. The molecule has 0 radical (unpaired) electrons. The zero-order valence-corrected chi connectivity index (χ0v) is 19.1. The fourth-order valence-corrected chi connectivity index (χ4v) is 3.67. The summed E-state index contributed by atoms with van der Waals surface area (Å²) in [5.41, 5.74) is 3.26. The van der Waals surface area contributed by atoms with Gasteiger partial charge in [0.1, 0.15) is 0 Å². The van der Waals surface area contributed by atoms with Gasteiger partial charge in [-0.25, -0.2) is 0 Å². The van der Waals surface area contributed by atoms with Gasteiger partial charge < -0.3 is 9.80 Å². The zero-order chi connectivity index (χ0) is 21.3. The number of carbonyl (C=O) groups excluding carboxylic acids is 2. The van der Waals surface area contributed by atoms with Crippen LogP contribution in [0.25, 0.3) is 12.2 Å². The molecule has 3 rings (SSSR count). The average Bonchev–Trinajstić information content (AvgIpc) is 2.78. The first-order valence-corrected chi connectivity index (χ1v) is 10.7. The monoisotopic (exact) mass is 438 g/mol. The quantitative estimate of drug-likeness (QED) is 0.587. The van der Waals surface area contributed by atoms with Gasteiger partial charge in [-0.15, -0.1) is 12.4 Å². The van der Waals surface area contributed by atoms with E-state index in [1.807, 2.05) is 77.7 Å². The fraction of sp³-hybridized carbons (Fsp3) is 0.308. The van der Waals surface area contributed by atoms with E-state index in [4.69, 9.17) is 0 Å². The first-order valence-electron chi connectivity index (χ1n) is 10.7. The molecule has 0 spiro atoms. The molecule has 0 aromatic heterocycles. The highest BCUT2D eigenvalue weighted by Crippen LogP contribution is 2.22. The third kappa shape index (κ3) is 6.91. The molecule has 1 fully saturated rings. The maximum absolute atomic E-state index is 13.2. The summed E-state index contributed by atoms with van der Waals surface area (Å²) in [5, 5.41) is 0. The van der Waals surface area contributed by atoms with E-state index >= 15 is 0 Å². The number of Topliss-reactive ketones (excluding diaryl/α,β-unsaturated/α-hetero) is 1. The summed E-state index contributed by atoms with van der Waals surface area (Å²) in [6.45, 7) is 7.53. The summed E-state index contributed by atoms with van der Waals surface area (Å²) in [7, 11) is 0. The average molecular weight is 439 g/mol. The maximum atomic E-state index is 13.2. The largest absolute Gasteiger partial charge is 0.334 e. The maximum Gasteiger partial charge on any atom is 0.224 e. The predicted octanol–water partition coefficient (Wildman–Crippen LogP) is 4.72. The van der Waals surface area contributed by atoms with E-state index in [1.54, 1.807) is 0 Å². The summed E-state index contributed by atoms with van der Waals surface area (Å²) in [4.78, 5) is 30.2. The van der Waals surface area contributed by atoms with Crippen LogP contribution in [-0.4, -0.2) is 54.2 Å². The van der Waals surface area contributed by atoms with Crippen molar-refractivity contribution < 1.29 is 9.59 Å². The second-order valence-electron chi connectivity index (χ2n) is 7.52. The van der Waals surface area contributed by atoms with Crippen LogP contribution in [0.4, 0.5) is 0 Å². The smallest absolute Gasteiger partial charge is 0.224 e. The summed E-state index contributed by atoms with van der Waals surface area (Å²) in [6.07, 6.45) is 4.28. The van der Waals surface area contributed by atoms with Crippen molar-refractivity contribution in [1.29, 1.82) is 0 Å². The minimum atomic E-state index is 0. The van der Waals surface area contributed by atoms with Crippen LogP contribution in [0.2, 0.25) is 0 Å². The summed E-state index contributed by atoms with van der Waals surface area (Å²) in [6, 6.07) is 19.6. The standard InChI is InChI=1S/C26H30N2O2.ClH/c1-3-27(4-2)16-15-25(29)28-19-23(17-21-11-7-5-8-12-21)26(30)24(20-28)18-22-13-9-6-10-14-22;/h5-14,17-18H,3-4,15-16,19-20H2,1-2H3;1H. The number of hydrogen-bond donors (Lipinski definition) is 0. The van der Waals surface area contributed by atoms with Crippen LogP contribution in [-0.2, 0) is 9.59 Å². The number of nitrogens with zero attached hydrogens (tertiary/aromatic N) is 2. The molecular weight excluding hydrogens is 408 g/mol. The van der Waals surface area contributed by atoms with Gasteiger partial charge in [-0.1, -0.05) is 74.5 Å². The highest BCUT2D eigenvalue weighted by atomic mass is 35.5. The lowest BCUT2D eigenvalue weighted by Crippen LogP contribution is -2.42. The van der Waals surface area contributed by atoms with E-state index in [9.17, 15) is 9.59 Å². The van der Waals surface area contributed by atoms with Crippen molar-refractivity contribution in [1.82, 2.24) is 9.80 Å². The molecule has 1 heterocycles. The molecule has 0 saturated carbocycles. The van der Waals surface area contributed by atoms with Crippen LogP contribution in [0.3, 0.4) is 0 Å². The Morgan fingerprint density at radius 3 is 1.74 bits per heavy atom. The van der Waals surface area contributed by atoms with Crippen LogP contribution in [0.5, 0.6) is 0 Å². The number of likely N-dealkylation sites (tertiary alicyclic amines) is 1. The first-order chi connectivity index (χ1) is 14.6. The molecule has 0 bridgehead atoms. The normalized spacial score (nSPS) is 16.6. The molecule has 5 heteroatoms. The van der Waals surface area contributed by atoms with Crippen LogP contribution in [0.15, 0.2) is 71.8 Å². The van der Waals surface area contributed by atoms with E-state index < -0.39 is 0 Å². The van der Waals surface area contributed by atoms with Crippen molar-refractivity contribution in [3.8, 4) is 0 Å². The minimum Gasteiger partial charge on any atom is -0.334 e. The molecule has 1 amide bonds. The van der Waals surface area contributed by atoms with Gasteiger partial charge >= 0.3 is 0 Å². The van der Waals surface area contributed by atoms with Gasteiger partial charge in [0, 0.05) is 37.2 Å². The number of benzene rings is 2. The summed E-state index contributed by atoms with van der Waals surface area (Å²) in [5.74, 6) is 0.114. The van der Waals surface area contributed by atoms with Gasteiger partial charge in [0.05, 0.1) is 0 Å². The Bertz CT molecular complexity index is 857. The van der Waals surface area contributed by atoms with E-state index in [-0.39, 0.29) is 24.1 Å². The van der Waals surface area contributed by atoms with Gasteiger partial charge in [-0.05, 0) is 36.4 Å². The summed E-state index contributed by atoms with van der Waals surface area (Å²) >= 11 is 0. The molecule has 1 saturated heterocycles. The Balaban J connectivity index is 0.00000341. The van der Waals surface area contributed by atoms with Gasteiger partial charge in [-0.2, -0.15) is 0 Å². The molecule has 0 atom stereocenters. The second kappa shape index (κ2) is 12.2. The number of amides is 1. The Kier molecular flexibility index (Phi) is 9.70. The number of carbonyl (C=O) groups is 2. The lowest BCUT2D eigenvalue weighted by Gasteiger charge is -2.31. The fourth-order valence-electron chi connectivity index (χ4n) is 3.67. The van der Waals surface area contributed by atoms with Crippen molar-refractivity contribution in [2.45, 2.75) is 20.3 Å². The zero-order valence-electron chi connectivity index (χ0n) is 18.3. The molecule has 0 N–H and O–H groups in total. The molecule has 0 aliphatic carbocycles. The number of hydrogen-bond acceptors (Lipinski definition) is 3. The Hall–Kier alpha value is -2.69. The Labute approximate surface area is 191 Å². The van der Waals surface area contributed by atoms with Gasteiger partial charge in [-0.3, -0.25) is 9.59 Å². The predicted molar refractivity (Wildman–Crippen MR) is 130 cm³/mol. The second-order valence-corrected chi connectivity index (χ2v) is 7.52. The van der Waals surface area contributed by atoms with Crippen LogP contribution in [0, 0.1) is 0 Å². The third-order valence-corrected chi connectivity index (χ3v) is 5.48. The van der Waals surface area contributed by atoms with Crippen molar-refractivity contribution in [2.24, 2.45) is 0 Å². The molecule has 31 heavy (non-hydrogen) atoms. The molecular formula is C26H31ClN2O2. The van der Waals surface area contributed by atoms with Crippen LogP contribution < -0.4 is 0 Å². The first kappa shape index (κ1) is 24.6. The highest BCUT2D eigenvalue weighted by Gasteiger charge is 2.29. The van der Waals surface area contributed by atoms with Crippen molar-refractivity contribution in [2.75, 3.05) is 32.7 Å². The molecule has 4 nitrogen and oxygen atoms in total. The molecule has 1 aliphatic heterocycles. The lowest BCUT2D eigenvalue weighted by molar-refractivity contribution is -0.131. The van der Waals surface area contributed by atoms with E-state index in [1.165, 1.54) is 0 Å². The van der Waals surface area contributed by atoms with Gasteiger partial charge in [0.2, 0.25) is 5.91 Å². The highest BCUT2D eigenvalue weighted by molar-refractivity contribution is 6.15. The van der Waals surface area contributed by atoms with E-state index in [0.29, 0.717) is 30.7 Å². The van der Waals surface area contributed by atoms with Crippen molar-refractivity contribution in [3.05, 3.63) is 82.9 Å². The SMILES string of the molecule is CCN(CC)CCC(=O)N1CC(=Cc2ccccc2)C(=O)C(=Cc2ccccc2)C1.Cl. The number of ketones is 1. The van der Waals surface area contributed by atoms with Crippen LogP contribution >= 0.6 is 12.4 Å². The minimum absolute atomic E-state index is 0. The molecule has 2 aromatic carbocycles. The van der Waals surface area contributed by atoms with Crippen LogP contribution in [0.1, 0.15) is 31.4 Å². The lowest BCUT2D eigenvalue weighted by atomic mass is 9.94. The third-order valence-electron chi connectivity index (χ3n) is 5.48. The van der Waals surface area contributed by atoms with Gasteiger partial charge in [0.25, 0.3) is 0 Å². The van der Waals surface area contributed by atoms with Crippen molar-refractivity contribution in [3.63, 3.8) is 0 Å². The molecule has 1 aliphatic rings. The topological polar surface area (TPSA) is 40.6 Å². The Morgan fingerprint density at radius 2 is 1.32 bits per heavy atom. The molecule has 0 unspecified atom stereocenters. The summed E-state index contributed by atoms with van der Waals surface area (Å²) < 4.78 is 0. The van der Waals surface area contributed by atoms with Gasteiger partial charge in [0.15, 0.2) is 5.78 Å². The van der Waals surface area contributed by atoms with E-state index in [2.05, 4.69) is 18.7 Å².